The summed E-state index contributed by atoms with van der Waals surface area (Å²) in [6.07, 6.45) is 9.82. The minimum atomic E-state index is 0. The van der Waals surface area contributed by atoms with Crippen LogP contribution >= 0.6 is 0 Å². The van der Waals surface area contributed by atoms with E-state index < -0.39 is 0 Å². The Morgan fingerprint density at radius 1 is 1.11 bits per heavy atom. The van der Waals surface area contributed by atoms with Gasteiger partial charge >= 0.3 is 78.3 Å². The number of rotatable bonds is 3. The molecule has 0 bridgehead atoms. The molecule has 0 heterocycles. The molecule has 0 aliphatic heterocycles. The summed E-state index contributed by atoms with van der Waals surface area (Å²) in [5.41, 5.74) is 2.95. The van der Waals surface area contributed by atoms with Crippen LogP contribution in [-0.2, 0) is 24.7 Å². The summed E-state index contributed by atoms with van der Waals surface area (Å²) < 4.78 is 1.67. The molecule has 0 unspecified atom stereocenters. The van der Waals surface area contributed by atoms with Crippen molar-refractivity contribution in [3.8, 4) is 0 Å². The van der Waals surface area contributed by atoms with Crippen molar-refractivity contribution in [2.24, 2.45) is 0 Å². The van der Waals surface area contributed by atoms with Gasteiger partial charge in [0.1, 0.15) is 0 Å². The number of hydrogen-bond donors (Lipinski definition) is 0. The molecule has 103 valence electrons. The first-order valence-corrected chi connectivity index (χ1v) is 7.58. The summed E-state index contributed by atoms with van der Waals surface area (Å²) >= 11 is 1.61. The van der Waals surface area contributed by atoms with Crippen LogP contribution in [0.15, 0.2) is 51.3 Å². The summed E-state index contributed by atoms with van der Waals surface area (Å²) in [4.78, 5) is 0. The van der Waals surface area contributed by atoms with Crippen molar-refractivity contribution in [1.29, 1.82) is 0 Å². The van der Waals surface area contributed by atoms with E-state index in [-0.39, 0.29) is 24.8 Å². The standard InChI is InChI=1S/C9H13.C7H8.2ClH.Zr/c1-2-3-6-9-7-4-5-8-9;1-7-5-3-2-4-6-7;;;/h4,7H,2-3,5-6H2,1H3;2-6H,1H3;2*1H;/q;;;;+2/p-2. The molecule has 0 N–H and O–H groups in total. The minimum Gasteiger partial charge on any atom is -1.00 e. The molecule has 0 spiro atoms. The maximum Gasteiger partial charge on any atom is -0.0398 e. The molecule has 1 aliphatic rings. The second kappa shape index (κ2) is 13.2. The van der Waals surface area contributed by atoms with Crippen LogP contribution in [0.5, 0.6) is 0 Å². The summed E-state index contributed by atoms with van der Waals surface area (Å²) in [5.74, 6) is 0. The molecule has 1 aromatic rings. The molecule has 1 aromatic carbocycles. The number of hydrogen-bond acceptors (Lipinski definition) is 0. The van der Waals surface area contributed by atoms with Crippen LogP contribution in [0.1, 0.15) is 38.2 Å². The molecule has 0 amide bonds. The van der Waals surface area contributed by atoms with Crippen LogP contribution < -0.4 is 24.8 Å². The van der Waals surface area contributed by atoms with E-state index in [0.29, 0.717) is 0 Å². The number of halogens is 2. The number of aryl methyl sites for hydroxylation is 1. The zero-order chi connectivity index (χ0) is 12.5. The zero-order valence-electron chi connectivity index (χ0n) is 11.6. The monoisotopic (exact) mass is 373 g/mol. The Morgan fingerprint density at radius 3 is 2.11 bits per heavy atom. The minimum absolute atomic E-state index is 0. The number of benzene rings is 1. The van der Waals surface area contributed by atoms with E-state index in [1.165, 1.54) is 31.2 Å². The van der Waals surface area contributed by atoms with Crippen LogP contribution in [0.3, 0.4) is 0 Å². The van der Waals surface area contributed by atoms with Crippen LogP contribution in [-0.4, -0.2) is 0 Å². The van der Waals surface area contributed by atoms with Crippen molar-refractivity contribution in [3.63, 3.8) is 0 Å². The predicted octanol–water partition coefficient (Wildman–Crippen LogP) is -1.06. The second-order valence-corrected chi connectivity index (χ2v) is 5.85. The van der Waals surface area contributed by atoms with Gasteiger partial charge in [-0.1, -0.05) is 35.9 Å². The average Bonchev–Trinajstić information content (AvgIpc) is 2.74. The van der Waals surface area contributed by atoms with Crippen molar-refractivity contribution >= 4 is 0 Å². The SMILES string of the molecule is CCCCC1=[C]([Zr+2])CC=C1.Cc1ccccc1.[Cl-].[Cl-]. The van der Waals surface area contributed by atoms with Gasteiger partial charge in [0.15, 0.2) is 0 Å². The first-order chi connectivity index (χ1) is 8.24. The van der Waals surface area contributed by atoms with E-state index in [1.54, 1.807) is 33.6 Å². The Balaban J connectivity index is 0. The summed E-state index contributed by atoms with van der Waals surface area (Å²) in [5, 5.41) is 0. The smallest absolute Gasteiger partial charge is 0.0398 e. The van der Waals surface area contributed by atoms with E-state index in [1.807, 2.05) is 18.2 Å². The zero-order valence-corrected chi connectivity index (χ0v) is 15.6. The number of unbranched alkanes of at least 4 members (excludes halogenated alkanes) is 1. The van der Waals surface area contributed by atoms with E-state index in [4.69, 9.17) is 0 Å². The van der Waals surface area contributed by atoms with Gasteiger partial charge in [0.2, 0.25) is 0 Å². The first kappa shape index (κ1) is 21.5. The van der Waals surface area contributed by atoms with Gasteiger partial charge in [-0.2, -0.15) is 0 Å². The second-order valence-electron chi connectivity index (χ2n) is 4.37. The van der Waals surface area contributed by atoms with Gasteiger partial charge in [-0.15, -0.1) is 0 Å². The molecule has 2 rings (SSSR count). The molecule has 1 aliphatic carbocycles. The third-order valence-corrected chi connectivity index (χ3v) is 4.06. The van der Waals surface area contributed by atoms with E-state index in [2.05, 4.69) is 38.1 Å². The molecule has 19 heavy (non-hydrogen) atoms. The van der Waals surface area contributed by atoms with Crippen molar-refractivity contribution in [2.75, 3.05) is 0 Å². The van der Waals surface area contributed by atoms with E-state index in [0.717, 1.165) is 0 Å². The Bertz CT molecular complexity index is 383. The molecule has 0 saturated heterocycles. The third kappa shape index (κ3) is 9.66. The molecule has 0 aromatic heterocycles. The van der Waals surface area contributed by atoms with Gasteiger partial charge in [0.05, 0.1) is 0 Å². The van der Waals surface area contributed by atoms with E-state index in [9.17, 15) is 0 Å². The summed E-state index contributed by atoms with van der Waals surface area (Å²) in [7, 11) is 0. The normalized spacial score (nSPS) is 12.2. The summed E-state index contributed by atoms with van der Waals surface area (Å²) in [6.45, 7) is 4.34. The quantitative estimate of drug-likeness (QED) is 0.632. The Morgan fingerprint density at radius 2 is 1.74 bits per heavy atom. The summed E-state index contributed by atoms with van der Waals surface area (Å²) in [6, 6.07) is 10.3. The Kier molecular flexibility index (Phi) is 14.9. The Hall–Kier alpha value is 0.163. The third-order valence-electron chi connectivity index (χ3n) is 2.77. The van der Waals surface area contributed by atoms with Gasteiger partial charge in [-0.3, -0.25) is 0 Å². The van der Waals surface area contributed by atoms with Crippen LogP contribution in [0.2, 0.25) is 0 Å². The molecule has 0 atom stereocenters. The molecular weight excluding hydrogens is 354 g/mol. The maximum absolute atomic E-state index is 2.31. The van der Waals surface area contributed by atoms with Gasteiger partial charge in [0, 0.05) is 0 Å². The van der Waals surface area contributed by atoms with Gasteiger partial charge in [-0.05, 0) is 6.92 Å². The van der Waals surface area contributed by atoms with Gasteiger partial charge in [0.25, 0.3) is 0 Å². The van der Waals surface area contributed by atoms with Gasteiger partial charge < -0.3 is 24.8 Å². The van der Waals surface area contributed by atoms with E-state index >= 15 is 0 Å². The molecule has 3 heteroatoms. The first-order valence-electron chi connectivity index (χ1n) is 6.36. The van der Waals surface area contributed by atoms with Crippen molar-refractivity contribution in [1.82, 2.24) is 0 Å². The van der Waals surface area contributed by atoms with Gasteiger partial charge in [-0.25, -0.2) is 0 Å². The molecule has 0 fully saturated rings. The molecular formula is C16H21Cl2Zr. The number of allylic oxidation sites excluding steroid dienone is 4. The molecule has 0 nitrogen and oxygen atoms in total. The fraction of sp³-hybridized carbons (Fsp3) is 0.375. The Labute approximate surface area is 145 Å². The van der Waals surface area contributed by atoms with Crippen LogP contribution in [0.4, 0.5) is 0 Å². The fourth-order valence-electron chi connectivity index (χ4n) is 1.69. The van der Waals surface area contributed by atoms with Crippen molar-refractivity contribution < 1.29 is 49.5 Å². The topological polar surface area (TPSA) is 0 Å². The largest absolute Gasteiger partial charge is 1.00 e. The van der Waals surface area contributed by atoms with Crippen molar-refractivity contribution in [3.05, 3.63) is 56.9 Å². The van der Waals surface area contributed by atoms with Crippen LogP contribution in [0.25, 0.3) is 0 Å². The molecule has 0 radical (unpaired) electrons. The predicted molar refractivity (Wildman–Crippen MR) is 71.5 cm³/mol. The fourth-order valence-corrected chi connectivity index (χ4v) is 2.49. The van der Waals surface area contributed by atoms with Crippen LogP contribution in [0, 0.1) is 6.92 Å². The maximum atomic E-state index is 2.31. The van der Waals surface area contributed by atoms with Crippen molar-refractivity contribution in [2.45, 2.75) is 39.5 Å². The molecule has 0 saturated carbocycles. The average molecular weight is 375 g/mol.